The van der Waals surface area contributed by atoms with E-state index in [2.05, 4.69) is 5.10 Å². The summed E-state index contributed by atoms with van der Waals surface area (Å²) in [6, 6.07) is 1.83. The van der Waals surface area contributed by atoms with Crippen molar-refractivity contribution in [3.05, 3.63) is 17.5 Å². The highest BCUT2D eigenvalue weighted by molar-refractivity contribution is 5.92. The topological polar surface area (TPSA) is 78.8 Å². The third-order valence-electron chi connectivity index (χ3n) is 6.69. The molecule has 4 rings (SSSR count). The Kier molecular flexibility index (Phi) is 5.61. The molecule has 1 aromatic heterocycles. The number of rotatable bonds is 4. The van der Waals surface area contributed by atoms with Crippen LogP contribution in [0.15, 0.2) is 6.07 Å². The minimum absolute atomic E-state index is 0.0133. The summed E-state index contributed by atoms with van der Waals surface area (Å²) in [5.41, 5.74) is 1.47. The SMILES string of the molecule is Cc1cc(C(=O)N2CCC(CN3CC(C(=O)N4CCCC4)CC3=O)CC2)nn1C. The largest absolute Gasteiger partial charge is 0.342 e. The minimum Gasteiger partial charge on any atom is -0.342 e. The van der Waals surface area contributed by atoms with Crippen LogP contribution in [0.1, 0.15) is 48.3 Å². The summed E-state index contributed by atoms with van der Waals surface area (Å²) in [6.07, 6.45) is 4.26. The summed E-state index contributed by atoms with van der Waals surface area (Å²) in [6.45, 7) is 6.25. The fourth-order valence-electron chi connectivity index (χ4n) is 4.77. The molecule has 1 atom stereocenters. The van der Waals surface area contributed by atoms with Gasteiger partial charge in [-0.1, -0.05) is 0 Å². The molecule has 3 aliphatic rings. The Morgan fingerprint density at radius 2 is 1.79 bits per heavy atom. The minimum atomic E-state index is -0.172. The van der Waals surface area contributed by atoms with Crippen molar-refractivity contribution < 1.29 is 14.4 Å². The number of nitrogens with zero attached hydrogens (tertiary/aromatic N) is 5. The highest BCUT2D eigenvalue weighted by Gasteiger charge is 2.38. The van der Waals surface area contributed by atoms with Gasteiger partial charge in [0.25, 0.3) is 5.91 Å². The molecule has 0 saturated carbocycles. The van der Waals surface area contributed by atoms with Crippen LogP contribution in [0.3, 0.4) is 0 Å². The number of hydrogen-bond acceptors (Lipinski definition) is 4. The van der Waals surface area contributed by atoms with Crippen LogP contribution in [0.25, 0.3) is 0 Å². The summed E-state index contributed by atoms with van der Waals surface area (Å²) < 4.78 is 1.72. The smallest absolute Gasteiger partial charge is 0.274 e. The van der Waals surface area contributed by atoms with Crippen LogP contribution in [0.2, 0.25) is 0 Å². The fourth-order valence-corrected chi connectivity index (χ4v) is 4.77. The molecule has 4 heterocycles. The third kappa shape index (κ3) is 4.16. The maximum atomic E-state index is 12.7. The van der Waals surface area contributed by atoms with Gasteiger partial charge >= 0.3 is 0 Å². The van der Waals surface area contributed by atoms with Crippen molar-refractivity contribution in [2.24, 2.45) is 18.9 Å². The summed E-state index contributed by atoms with van der Waals surface area (Å²) in [5, 5.41) is 4.29. The Labute approximate surface area is 171 Å². The van der Waals surface area contributed by atoms with Gasteiger partial charge in [-0.2, -0.15) is 5.10 Å². The van der Waals surface area contributed by atoms with Gasteiger partial charge in [0.05, 0.1) is 5.92 Å². The van der Waals surface area contributed by atoms with Gasteiger partial charge in [-0.25, -0.2) is 0 Å². The first-order chi connectivity index (χ1) is 13.9. The molecule has 1 aromatic rings. The van der Waals surface area contributed by atoms with Crippen LogP contribution in [0.5, 0.6) is 0 Å². The highest BCUT2D eigenvalue weighted by Crippen LogP contribution is 2.26. The van der Waals surface area contributed by atoms with Crippen molar-refractivity contribution in [3.63, 3.8) is 0 Å². The Morgan fingerprint density at radius 1 is 1.10 bits per heavy atom. The maximum Gasteiger partial charge on any atom is 0.274 e. The quantitative estimate of drug-likeness (QED) is 0.756. The van der Waals surface area contributed by atoms with Gasteiger partial charge in [0, 0.05) is 58.4 Å². The summed E-state index contributed by atoms with van der Waals surface area (Å²) >= 11 is 0. The van der Waals surface area contributed by atoms with E-state index in [1.54, 1.807) is 4.68 Å². The highest BCUT2D eigenvalue weighted by atomic mass is 16.2. The summed E-state index contributed by atoms with van der Waals surface area (Å²) in [7, 11) is 1.84. The Morgan fingerprint density at radius 3 is 2.41 bits per heavy atom. The van der Waals surface area contributed by atoms with Crippen molar-refractivity contribution in [3.8, 4) is 0 Å². The lowest BCUT2D eigenvalue weighted by molar-refractivity contribution is -0.134. The number of carbonyl (C=O) groups is 3. The van der Waals surface area contributed by atoms with Gasteiger partial charge in [-0.05, 0) is 44.6 Å². The monoisotopic (exact) mass is 401 g/mol. The molecule has 8 nitrogen and oxygen atoms in total. The number of aromatic nitrogens is 2. The molecule has 3 aliphatic heterocycles. The predicted molar refractivity (Wildman–Crippen MR) is 107 cm³/mol. The number of likely N-dealkylation sites (tertiary alicyclic amines) is 3. The standard InChI is InChI=1S/C21H31N5O3/c1-15-11-18(22-23(15)2)21(29)25-9-5-16(6-10-25)13-26-14-17(12-19(26)27)20(28)24-7-3-4-8-24/h11,16-17H,3-10,12-14H2,1-2H3. The summed E-state index contributed by atoms with van der Waals surface area (Å²) in [4.78, 5) is 43.4. The molecule has 0 spiro atoms. The summed E-state index contributed by atoms with van der Waals surface area (Å²) in [5.74, 6) is 0.457. The number of aryl methyl sites for hydroxylation is 2. The van der Waals surface area contributed by atoms with E-state index in [0.717, 1.165) is 44.5 Å². The molecular formula is C21H31N5O3. The van der Waals surface area contributed by atoms with Gasteiger partial charge in [0.2, 0.25) is 11.8 Å². The van der Waals surface area contributed by atoms with Gasteiger partial charge in [-0.3, -0.25) is 19.1 Å². The van der Waals surface area contributed by atoms with E-state index in [0.29, 0.717) is 44.2 Å². The molecular weight excluding hydrogens is 370 g/mol. The number of hydrogen-bond donors (Lipinski definition) is 0. The Hall–Kier alpha value is -2.38. The molecule has 8 heteroatoms. The first kappa shape index (κ1) is 19.9. The lowest BCUT2D eigenvalue weighted by atomic mass is 9.96. The molecule has 3 saturated heterocycles. The van der Waals surface area contributed by atoms with E-state index < -0.39 is 0 Å². The molecule has 1 unspecified atom stereocenters. The van der Waals surface area contributed by atoms with Crippen LogP contribution in [0, 0.1) is 18.8 Å². The first-order valence-electron chi connectivity index (χ1n) is 10.8. The molecule has 0 aromatic carbocycles. The van der Waals surface area contributed by atoms with Crippen LogP contribution in [-0.4, -0.2) is 81.5 Å². The molecule has 29 heavy (non-hydrogen) atoms. The van der Waals surface area contributed by atoms with Gasteiger partial charge < -0.3 is 14.7 Å². The zero-order chi connectivity index (χ0) is 20.5. The molecule has 3 fully saturated rings. The maximum absolute atomic E-state index is 12.7. The lowest BCUT2D eigenvalue weighted by Crippen LogP contribution is -2.42. The van der Waals surface area contributed by atoms with Crippen LogP contribution in [-0.2, 0) is 16.6 Å². The molecule has 0 N–H and O–H groups in total. The zero-order valence-corrected chi connectivity index (χ0v) is 17.5. The van der Waals surface area contributed by atoms with Gasteiger partial charge in [-0.15, -0.1) is 0 Å². The van der Waals surface area contributed by atoms with Crippen LogP contribution in [0.4, 0.5) is 0 Å². The first-order valence-corrected chi connectivity index (χ1v) is 10.8. The van der Waals surface area contributed by atoms with E-state index in [9.17, 15) is 14.4 Å². The Bertz CT molecular complexity index is 771. The van der Waals surface area contributed by atoms with E-state index in [4.69, 9.17) is 0 Å². The normalized spacial score (nSPS) is 23.3. The molecule has 158 valence electrons. The van der Waals surface area contributed by atoms with Crippen molar-refractivity contribution in [1.82, 2.24) is 24.5 Å². The second-order valence-corrected chi connectivity index (χ2v) is 8.76. The third-order valence-corrected chi connectivity index (χ3v) is 6.69. The van der Waals surface area contributed by atoms with Crippen molar-refractivity contribution in [2.45, 2.75) is 39.0 Å². The second kappa shape index (κ2) is 8.16. The van der Waals surface area contributed by atoms with Crippen molar-refractivity contribution in [1.29, 1.82) is 0 Å². The molecule has 0 bridgehead atoms. The van der Waals surface area contributed by atoms with E-state index in [1.807, 2.05) is 34.7 Å². The van der Waals surface area contributed by atoms with Gasteiger partial charge in [0.15, 0.2) is 5.69 Å². The van der Waals surface area contributed by atoms with Gasteiger partial charge in [0.1, 0.15) is 0 Å². The Balaban J connectivity index is 1.26. The molecule has 0 aliphatic carbocycles. The molecule has 0 radical (unpaired) electrons. The number of carbonyl (C=O) groups excluding carboxylic acids is 3. The predicted octanol–water partition coefficient (Wildman–Crippen LogP) is 1.05. The fraction of sp³-hybridized carbons (Fsp3) is 0.714. The van der Waals surface area contributed by atoms with Crippen LogP contribution < -0.4 is 0 Å². The van der Waals surface area contributed by atoms with Crippen molar-refractivity contribution >= 4 is 17.7 Å². The van der Waals surface area contributed by atoms with E-state index in [1.165, 1.54) is 0 Å². The average Bonchev–Trinajstić information content (AvgIpc) is 3.44. The number of amides is 3. The van der Waals surface area contributed by atoms with Crippen molar-refractivity contribution in [2.75, 3.05) is 39.3 Å². The molecule has 3 amide bonds. The number of piperidine rings is 1. The lowest BCUT2D eigenvalue weighted by Gasteiger charge is -2.33. The average molecular weight is 402 g/mol. The van der Waals surface area contributed by atoms with E-state index >= 15 is 0 Å². The van der Waals surface area contributed by atoms with Crippen LogP contribution >= 0.6 is 0 Å². The van der Waals surface area contributed by atoms with E-state index in [-0.39, 0.29) is 23.6 Å². The zero-order valence-electron chi connectivity index (χ0n) is 17.5. The second-order valence-electron chi connectivity index (χ2n) is 8.76.